The first-order valence-corrected chi connectivity index (χ1v) is 3.44. The second kappa shape index (κ2) is 3.07. The van der Waals surface area contributed by atoms with Gasteiger partial charge in [-0.2, -0.15) is 5.26 Å². The van der Waals surface area contributed by atoms with Crippen LogP contribution in [0.2, 0.25) is 0 Å². The van der Waals surface area contributed by atoms with E-state index in [2.05, 4.69) is 0 Å². The van der Waals surface area contributed by atoms with E-state index < -0.39 is 0 Å². The number of hydrogen-bond donors (Lipinski definition) is 0. The molecule has 1 heterocycles. The zero-order valence-corrected chi connectivity index (χ0v) is 6.70. The van der Waals surface area contributed by atoms with Crippen molar-refractivity contribution in [2.24, 2.45) is 7.05 Å². The monoisotopic (exact) mass is 146 g/mol. The number of nitrogens with zero attached hydrogens (tertiary/aromatic N) is 2. The molecule has 0 saturated heterocycles. The van der Waals surface area contributed by atoms with Crippen LogP contribution in [0.15, 0.2) is 18.3 Å². The molecule has 2 heteroatoms. The molecule has 1 aromatic rings. The van der Waals surface area contributed by atoms with E-state index in [1.165, 1.54) is 11.8 Å². The molecule has 0 atom stereocenters. The average molecular weight is 146 g/mol. The van der Waals surface area contributed by atoms with Crippen molar-refractivity contribution in [1.82, 2.24) is 4.57 Å². The zero-order valence-electron chi connectivity index (χ0n) is 6.70. The molecule has 1 aromatic heterocycles. The Balaban J connectivity index is 2.98. The summed E-state index contributed by atoms with van der Waals surface area (Å²) in [4.78, 5) is 0. The number of hydrogen-bond acceptors (Lipinski definition) is 1. The Morgan fingerprint density at radius 2 is 2.36 bits per heavy atom. The molecular formula is C9H10N2. The topological polar surface area (TPSA) is 28.7 Å². The normalized spacial score (nSPS) is 10.3. The van der Waals surface area contributed by atoms with Gasteiger partial charge in [0.05, 0.1) is 6.07 Å². The van der Waals surface area contributed by atoms with Crippen LogP contribution in [0.1, 0.15) is 11.3 Å². The third-order valence-corrected chi connectivity index (χ3v) is 1.76. The lowest BCUT2D eigenvalue weighted by atomic mass is 10.2. The molecule has 0 fully saturated rings. The summed E-state index contributed by atoms with van der Waals surface area (Å²) in [6.45, 7) is 2.02. The molecular weight excluding hydrogens is 136 g/mol. The van der Waals surface area contributed by atoms with Crippen LogP contribution >= 0.6 is 0 Å². The van der Waals surface area contributed by atoms with E-state index >= 15 is 0 Å². The Hall–Kier alpha value is -1.49. The van der Waals surface area contributed by atoms with Crippen LogP contribution in [-0.2, 0) is 7.05 Å². The van der Waals surface area contributed by atoms with Crippen molar-refractivity contribution in [2.45, 2.75) is 6.92 Å². The fourth-order valence-electron chi connectivity index (χ4n) is 0.931. The van der Waals surface area contributed by atoms with E-state index in [-0.39, 0.29) is 0 Å². The van der Waals surface area contributed by atoms with Crippen LogP contribution in [0.4, 0.5) is 0 Å². The quantitative estimate of drug-likeness (QED) is 0.556. The lowest BCUT2D eigenvalue weighted by molar-refractivity contribution is 0.881. The Labute approximate surface area is 66.4 Å². The zero-order chi connectivity index (χ0) is 8.27. The van der Waals surface area contributed by atoms with Crippen LogP contribution in [0.25, 0.3) is 6.08 Å². The molecule has 0 unspecified atom stereocenters. The first kappa shape index (κ1) is 7.62. The molecule has 11 heavy (non-hydrogen) atoms. The van der Waals surface area contributed by atoms with Crippen molar-refractivity contribution in [3.8, 4) is 6.07 Å². The molecule has 0 aliphatic carbocycles. The number of nitriles is 1. The van der Waals surface area contributed by atoms with E-state index in [4.69, 9.17) is 5.26 Å². The van der Waals surface area contributed by atoms with Crippen molar-refractivity contribution in [2.75, 3.05) is 0 Å². The summed E-state index contributed by atoms with van der Waals surface area (Å²) < 4.78 is 2.02. The third kappa shape index (κ3) is 1.50. The number of rotatable bonds is 1. The highest BCUT2D eigenvalue weighted by atomic mass is 14.9. The minimum atomic E-state index is 1.11. The predicted molar refractivity (Wildman–Crippen MR) is 44.8 cm³/mol. The molecule has 0 N–H and O–H groups in total. The van der Waals surface area contributed by atoms with Gasteiger partial charge < -0.3 is 4.57 Å². The first-order chi connectivity index (χ1) is 5.25. The Kier molecular flexibility index (Phi) is 2.12. The molecule has 0 amide bonds. The molecule has 1 rings (SSSR count). The van der Waals surface area contributed by atoms with Gasteiger partial charge >= 0.3 is 0 Å². The molecule has 0 spiro atoms. The van der Waals surface area contributed by atoms with E-state index in [0.717, 1.165) is 5.56 Å². The number of aryl methyl sites for hydroxylation is 1. The van der Waals surface area contributed by atoms with E-state index in [0.29, 0.717) is 0 Å². The lowest BCUT2D eigenvalue weighted by Gasteiger charge is -1.94. The van der Waals surface area contributed by atoms with Crippen molar-refractivity contribution in [3.05, 3.63) is 29.6 Å². The fraction of sp³-hybridized carbons (Fsp3) is 0.222. The van der Waals surface area contributed by atoms with Crippen molar-refractivity contribution < 1.29 is 0 Å². The average Bonchev–Trinajstić information content (AvgIpc) is 2.31. The summed E-state index contributed by atoms with van der Waals surface area (Å²) in [7, 11) is 1.99. The standard InChI is InChI=1S/C9H10N2/c1-8-9(4-3-6-10)5-7-11(8)2/h3-5,7H,1-2H3. The summed E-state index contributed by atoms with van der Waals surface area (Å²) in [6, 6.07) is 3.95. The van der Waals surface area contributed by atoms with Crippen molar-refractivity contribution in [3.63, 3.8) is 0 Å². The Bertz CT molecular complexity index is 313. The van der Waals surface area contributed by atoms with E-state index in [9.17, 15) is 0 Å². The van der Waals surface area contributed by atoms with Crippen molar-refractivity contribution >= 4 is 6.08 Å². The molecule has 2 nitrogen and oxygen atoms in total. The SMILES string of the molecule is Cc1c(C=CC#N)ccn1C. The first-order valence-electron chi connectivity index (χ1n) is 3.44. The fourth-order valence-corrected chi connectivity index (χ4v) is 0.931. The van der Waals surface area contributed by atoms with Gasteiger partial charge in [0.25, 0.3) is 0 Å². The van der Waals surface area contributed by atoms with Crippen LogP contribution in [0, 0.1) is 18.3 Å². The molecule has 0 aliphatic heterocycles. The molecule has 0 saturated carbocycles. The molecule has 56 valence electrons. The summed E-state index contributed by atoms with van der Waals surface area (Å²) in [5.41, 5.74) is 2.28. The molecule has 0 bridgehead atoms. The smallest absolute Gasteiger partial charge is 0.0912 e. The van der Waals surface area contributed by atoms with Gasteiger partial charge in [-0.25, -0.2) is 0 Å². The highest BCUT2D eigenvalue weighted by Crippen LogP contribution is 2.09. The van der Waals surface area contributed by atoms with Crippen LogP contribution in [0.3, 0.4) is 0 Å². The van der Waals surface area contributed by atoms with Gasteiger partial charge in [-0.05, 0) is 24.6 Å². The van der Waals surface area contributed by atoms with E-state index in [1.807, 2.05) is 42.9 Å². The van der Waals surface area contributed by atoms with Gasteiger partial charge in [0.2, 0.25) is 0 Å². The molecule has 0 aliphatic rings. The van der Waals surface area contributed by atoms with Gasteiger partial charge in [-0.1, -0.05) is 0 Å². The molecule has 0 aromatic carbocycles. The summed E-state index contributed by atoms with van der Waals surface area (Å²) in [5.74, 6) is 0. The van der Waals surface area contributed by atoms with Crippen molar-refractivity contribution in [1.29, 1.82) is 5.26 Å². The minimum Gasteiger partial charge on any atom is -0.354 e. The van der Waals surface area contributed by atoms with Gasteiger partial charge in [-0.3, -0.25) is 0 Å². The lowest BCUT2D eigenvalue weighted by Crippen LogP contribution is -1.87. The van der Waals surface area contributed by atoms with Crippen LogP contribution in [0.5, 0.6) is 0 Å². The maximum absolute atomic E-state index is 8.28. The maximum atomic E-state index is 8.28. The number of aromatic nitrogens is 1. The summed E-state index contributed by atoms with van der Waals surface area (Å²) >= 11 is 0. The number of allylic oxidation sites excluding steroid dienone is 1. The third-order valence-electron chi connectivity index (χ3n) is 1.76. The van der Waals surface area contributed by atoms with Gasteiger partial charge in [0, 0.05) is 25.0 Å². The van der Waals surface area contributed by atoms with Gasteiger partial charge in [0.1, 0.15) is 0 Å². The second-order valence-electron chi connectivity index (χ2n) is 2.43. The maximum Gasteiger partial charge on any atom is 0.0912 e. The molecule has 0 radical (unpaired) electrons. The second-order valence-corrected chi connectivity index (χ2v) is 2.43. The van der Waals surface area contributed by atoms with Gasteiger partial charge in [0.15, 0.2) is 0 Å². The summed E-state index contributed by atoms with van der Waals surface area (Å²) in [6.07, 6.45) is 5.28. The van der Waals surface area contributed by atoms with E-state index in [1.54, 1.807) is 0 Å². The highest BCUT2D eigenvalue weighted by Gasteiger charge is 1.95. The van der Waals surface area contributed by atoms with Crippen LogP contribution < -0.4 is 0 Å². The predicted octanol–water partition coefficient (Wildman–Crippen LogP) is 1.87. The van der Waals surface area contributed by atoms with Gasteiger partial charge in [-0.15, -0.1) is 0 Å². The summed E-state index contributed by atoms with van der Waals surface area (Å²) in [5, 5.41) is 8.28. The minimum absolute atomic E-state index is 1.11. The Morgan fingerprint density at radius 3 is 2.82 bits per heavy atom. The Morgan fingerprint density at radius 1 is 1.64 bits per heavy atom. The largest absolute Gasteiger partial charge is 0.354 e. The highest BCUT2D eigenvalue weighted by molar-refractivity contribution is 5.54. The van der Waals surface area contributed by atoms with Crippen LogP contribution in [-0.4, -0.2) is 4.57 Å².